The van der Waals surface area contributed by atoms with E-state index in [4.69, 9.17) is 16.3 Å². The molecule has 0 spiro atoms. The minimum atomic E-state index is -4.91. The Balaban J connectivity index is 3.00. The number of esters is 1. The molecule has 6 nitrogen and oxygen atoms in total. The Hall–Kier alpha value is -1.51. The molecule has 0 aromatic heterocycles. The van der Waals surface area contributed by atoms with Crippen molar-refractivity contribution in [2.24, 2.45) is 11.8 Å². The topological polar surface area (TPSA) is 72.9 Å². The van der Waals surface area contributed by atoms with E-state index in [0.717, 1.165) is 0 Å². The Morgan fingerprint density at radius 3 is 2.46 bits per heavy atom. The van der Waals surface area contributed by atoms with Gasteiger partial charge in [0.15, 0.2) is 0 Å². The summed E-state index contributed by atoms with van der Waals surface area (Å²) >= 11 is 5.71. The first-order valence-electron chi connectivity index (χ1n) is 7.36. The zero-order chi connectivity index (χ0) is 18.7. The van der Waals surface area contributed by atoms with Gasteiger partial charge in [0.1, 0.15) is 12.0 Å². The standard InChI is InChI=1S/C14H19ClF3NO5/c1-4-23-10(20)5-8(14(16,17)18)11(15)12(21)19-9(7(2)3)6-24-13(19)22/h7-9,11H,4-6H2,1-3H3/t8-,9+,11-/m0/s1. The molecule has 0 aromatic rings. The number of imide groups is 1. The normalized spacial score (nSPS) is 20.8. The molecule has 1 rings (SSSR count). The van der Waals surface area contributed by atoms with Crippen molar-refractivity contribution in [3.63, 3.8) is 0 Å². The molecule has 10 heteroatoms. The fourth-order valence-corrected chi connectivity index (χ4v) is 2.61. The molecular weight excluding hydrogens is 355 g/mol. The molecule has 2 amide bonds. The number of cyclic esters (lactones) is 1. The van der Waals surface area contributed by atoms with Gasteiger partial charge >= 0.3 is 18.2 Å². The van der Waals surface area contributed by atoms with Crippen LogP contribution in [0.3, 0.4) is 0 Å². The van der Waals surface area contributed by atoms with Gasteiger partial charge in [0.2, 0.25) is 0 Å². The molecule has 0 N–H and O–H groups in total. The van der Waals surface area contributed by atoms with Crippen LogP contribution in [-0.4, -0.2) is 53.7 Å². The third kappa shape index (κ3) is 4.75. The van der Waals surface area contributed by atoms with Crippen molar-refractivity contribution < 1.29 is 37.0 Å². The largest absolute Gasteiger partial charge is 0.466 e. The molecule has 0 saturated carbocycles. The lowest BCUT2D eigenvalue weighted by atomic mass is 9.97. The summed E-state index contributed by atoms with van der Waals surface area (Å²) in [5.74, 6) is -5.04. The summed E-state index contributed by atoms with van der Waals surface area (Å²) < 4.78 is 48.8. The van der Waals surface area contributed by atoms with Crippen molar-refractivity contribution in [1.82, 2.24) is 4.90 Å². The number of hydrogen-bond acceptors (Lipinski definition) is 5. The van der Waals surface area contributed by atoms with Crippen LogP contribution >= 0.6 is 11.6 Å². The van der Waals surface area contributed by atoms with Gasteiger partial charge in [-0.25, -0.2) is 9.69 Å². The van der Waals surface area contributed by atoms with Crippen LogP contribution in [-0.2, 0) is 19.1 Å². The number of halogens is 4. The van der Waals surface area contributed by atoms with E-state index >= 15 is 0 Å². The first kappa shape index (κ1) is 20.5. The Morgan fingerprint density at radius 2 is 2.00 bits per heavy atom. The van der Waals surface area contributed by atoms with E-state index in [1.807, 2.05) is 0 Å². The number of hydrogen-bond donors (Lipinski definition) is 0. The van der Waals surface area contributed by atoms with Crippen molar-refractivity contribution in [2.45, 2.75) is 44.8 Å². The summed E-state index contributed by atoms with van der Waals surface area (Å²) in [7, 11) is 0. The number of rotatable bonds is 6. The number of carbonyl (C=O) groups is 3. The van der Waals surface area contributed by atoms with Crippen molar-refractivity contribution in [3.8, 4) is 0 Å². The highest BCUT2D eigenvalue weighted by molar-refractivity contribution is 6.32. The third-order valence-corrected chi connectivity index (χ3v) is 4.11. The first-order chi connectivity index (χ1) is 11.0. The van der Waals surface area contributed by atoms with Gasteiger partial charge in [-0.3, -0.25) is 9.59 Å². The molecule has 0 unspecified atom stereocenters. The molecular formula is C14H19ClF3NO5. The Bertz CT molecular complexity index is 497. The van der Waals surface area contributed by atoms with Crippen LogP contribution < -0.4 is 0 Å². The van der Waals surface area contributed by atoms with Gasteiger partial charge in [-0.15, -0.1) is 11.6 Å². The smallest absolute Gasteiger partial charge is 0.417 e. The molecule has 1 aliphatic rings. The minimum Gasteiger partial charge on any atom is -0.466 e. The molecule has 24 heavy (non-hydrogen) atoms. The molecule has 0 aliphatic carbocycles. The lowest BCUT2D eigenvalue weighted by Crippen LogP contribution is -2.49. The first-order valence-corrected chi connectivity index (χ1v) is 7.80. The molecule has 1 saturated heterocycles. The van der Waals surface area contributed by atoms with E-state index in [0.29, 0.717) is 4.90 Å². The number of ether oxygens (including phenoxy) is 2. The van der Waals surface area contributed by atoms with Crippen molar-refractivity contribution in [2.75, 3.05) is 13.2 Å². The van der Waals surface area contributed by atoms with Crippen LogP contribution in [0.25, 0.3) is 0 Å². The molecule has 138 valence electrons. The maximum atomic E-state index is 13.2. The molecule has 1 heterocycles. The predicted molar refractivity (Wildman–Crippen MR) is 77.3 cm³/mol. The molecule has 1 fully saturated rings. The van der Waals surface area contributed by atoms with Crippen LogP contribution in [0.4, 0.5) is 18.0 Å². The van der Waals surface area contributed by atoms with Gasteiger partial charge in [0.25, 0.3) is 5.91 Å². The van der Waals surface area contributed by atoms with Gasteiger partial charge in [0, 0.05) is 0 Å². The van der Waals surface area contributed by atoms with Gasteiger partial charge in [-0.05, 0) is 12.8 Å². The SMILES string of the molecule is CCOC(=O)C[C@@H]([C@H](Cl)C(=O)N1C(=O)OC[C@@H]1C(C)C)C(F)(F)F. The second kappa shape index (κ2) is 8.04. The van der Waals surface area contributed by atoms with Crippen LogP contribution in [0.1, 0.15) is 27.2 Å². The summed E-state index contributed by atoms with van der Waals surface area (Å²) in [5, 5.41) is -2.14. The molecule has 1 aliphatic heterocycles. The average molecular weight is 374 g/mol. The second-order valence-corrected chi connectivity index (χ2v) is 6.13. The number of alkyl halides is 4. The zero-order valence-electron chi connectivity index (χ0n) is 13.4. The molecule has 3 atom stereocenters. The summed E-state index contributed by atoms with van der Waals surface area (Å²) in [4.78, 5) is 36.0. The Morgan fingerprint density at radius 1 is 1.42 bits per heavy atom. The molecule has 0 radical (unpaired) electrons. The van der Waals surface area contributed by atoms with E-state index in [1.165, 1.54) is 6.92 Å². The van der Waals surface area contributed by atoms with E-state index < -0.39 is 47.9 Å². The zero-order valence-corrected chi connectivity index (χ0v) is 14.2. The minimum absolute atomic E-state index is 0.0990. The monoisotopic (exact) mass is 373 g/mol. The summed E-state index contributed by atoms with van der Waals surface area (Å²) in [6.45, 7) is 4.61. The number of carbonyl (C=O) groups excluding carboxylic acids is 3. The van der Waals surface area contributed by atoms with E-state index in [1.54, 1.807) is 13.8 Å². The maximum absolute atomic E-state index is 13.2. The van der Waals surface area contributed by atoms with Crippen LogP contribution in [0.5, 0.6) is 0 Å². The fraction of sp³-hybridized carbons (Fsp3) is 0.786. The summed E-state index contributed by atoms with van der Waals surface area (Å²) in [6, 6.07) is -0.706. The quantitative estimate of drug-likeness (QED) is 0.528. The highest BCUT2D eigenvalue weighted by Crippen LogP contribution is 2.36. The lowest BCUT2D eigenvalue weighted by molar-refractivity contribution is -0.187. The lowest BCUT2D eigenvalue weighted by Gasteiger charge is -2.28. The van der Waals surface area contributed by atoms with Crippen LogP contribution in [0.2, 0.25) is 0 Å². The van der Waals surface area contributed by atoms with Crippen molar-refractivity contribution in [3.05, 3.63) is 0 Å². The Labute approximate surface area is 142 Å². The van der Waals surface area contributed by atoms with Crippen LogP contribution in [0, 0.1) is 11.8 Å². The van der Waals surface area contributed by atoms with E-state index in [2.05, 4.69) is 4.74 Å². The highest BCUT2D eigenvalue weighted by Gasteiger charge is 2.52. The molecule has 0 aromatic carbocycles. The van der Waals surface area contributed by atoms with Gasteiger partial charge in [-0.2, -0.15) is 13.2 Å². The van der Waals surface area contributed by atoms with Gasteiger partial charge in [0.05, 0.1) is 25.0 Å². The predicted octanol–water partition coefficient (Wildman–Crippen LogP) is 2.73. The maximum Gasteiger partial charge on any atom is 0.417 e. The number of nitrogens with zero attached hydrogens (tertiary/aromatic N) is 1. The fourth-order valence-electron chi connectivity index (χ4n) is 2.27. The van der Waals surface area contributed by atoms with Gasteiger partial charge < -0.3 is 9.47 Å². The van der Waals surface area contributed by atoms with Gasteiger partial charge in [-0.1, -0.05) is 13.8 Å². The summed E-state index contributed by atoms with van der Waals surface area (Å²) in [5.41, 5.74) is 0. The Kier molecular flexibility index (Phi) is 6.88. The second-order valence-electron chi connectivity index (χ2n) is 5.66. The van der Waals surface area contributed by atoms with E-state index in [9.17, 15) is 27.6 Å². The average Bonchev–Trinajstić information content (AvgIpc) is 2.84. The number of amides is 2. The van der Waals surface area contributed by atoms with E-state index in [-0.39, 0.29) is 19.1 Å². The van der Waals surface area contributed by atoms with Crippen molar-refractivity contribution >= 4 is 29.6 Å². The van der Waals surface area contributed by atoms with Crippen LogP contribution in [0.15, 0.2) is 0 Å². The summed E-state index contributed by atoms with van der Waals surface area (Å²) in [6.07, 6.45) is -7.06. The highest BCUT2D eigenvalue weighted by atomic mass is 35.5. The van der Waals surface area contributed by atoms with Crippen molar-refractivity contribution in [1.29, 1.82) is 0 Å². The molecule has 0 bridgehead atoms. The third-order valence-electron chi connectivity index (χ3n) is 3.61.